The minimum Gasteiger partial charge on any atom is -0.366 e. The molecule has 2 aromatic heterocycles. The fourth-order valence-corrected chi connectivity index (χ4v) is 5.56. The van der Waals surface area contributed by atoms with Gasteiger partial charge in [-0.15, -0.1) is 0 Å². The molecule has 3 N–H and O–H groups in total. The third kappa shape index (κ3) is 3.42. The summed E-state index contributed by atoms with van der Waals surface area (Å²) in [6.07, 6.45) is 6.60. The molecule has 4 heterocycles. The largest absolute Gasteiger partial charge is 0.366 e. The Bertz CT molecular complexity index is 1120. The number of H-pyrrole nitrogens is 1. The number of imidazole rings is 1. The molecule has 0 aliphatic carbocycles. The van der Waals surface area contributed by atoms with E-state index in [0.29, 0.717) is 17.1 Å². The second-order valence-corrected chi connectivity index (χ2v) is 9.41. The van der Waals surface area contributed by atoms with Crippen LogP contribution < -0.4 is 5.73 Å². The molecular weight excluding hydrogens is 395 g/mol. The first-order valence-corrected chi connectivity index (χ1v) is 11.4. The molecule has 2 aliphatic heterocycles. The Balaban J connectivity index is 1.41. The van der Waals surface area contributed by atoms with Gasteiger partial charge in [0.05, 0.1) is 11.1 Å². The first kappa shape index (κ1) is 20.5. The summed E-state index contributed by atoms with van der Waals surface area (Å²) in [5.41, 5.74) is 8.51. The van der Waals surface area contributed by atoms with Crippen molar-refractivity contribution in [1.29, 1.82) is 0 Å². The van der Waals surface area contributed by atoms with Crippen molar-refractivity contribution in [3.63, 3.8) is 0 Å². The number of aromatic amines is 1. The van der Waals surface area contributed by atoms with Crippen LogP contribution in [-0.2, 0) is 5.41 Å². The predicted molar refractivity (Wildman–Crippen MR) is 119 cm³/mol. The molecule has 0 bridgehead atoms. The van der Waals surface area contributed by atoms with E-state index < -0.39 is 11.7 Å². The highest BCUT2D eigenvalue weighted by atomic mass is 19.1. The van der Waals surface area contributed by atoms with Crippen LogP contribution in [0.2, 0.25) is 0 Å². The molecule has 2 fully saturated rings. The van der Waals surface area contributed by atoms with E-state index in [-0.39, 0.29) is 11.0 Å². The van der Waals surface area contributed by atoms with Gasteiger partial charge in [0.25, 0.3) is 5.91 Å². The van der Waals surface area contributed by atoms with Crippen LogP contribution in [0.1, 0.15) is 55.5 Å². The second kappa shape index (κ2) is 7.60. The minimum absolute atomic E-state index is 0.0192. The molecule has 2 aliphatic rings. The Morgan fingerprint density at radius 1 is 1.26 bits per heavy atom. The number of benzene rings is 1. The molecule has 8 heteroatoms. The summed E-state index contributed by atoms with van der Waals surface area (Å²) < 4.78 is 15.8. The van der Waals surface area contributed by atoms with Gasteiger partial charge in [0.15, 0.2) is 5.65 Å². The van der Waals surface area contributed by atoms with Gasteiger partial charge >= 0.3 is 0 Å². The number of primary amides is 1. The van der Waals surface area contributed by atoms with Gasteiger partial charge in [-0.25, -0.2) is 13.9 Å². The normalized spacial score (nSPS) is 21.3. The van der Waals surface area contributed by atoms with Crippen LogP contribution >= 0.6 is 0 Å². The van der Waals surface area contributed by atoms with Crippen molar-refractivity contribution in [2.75, 3.05) is 32.7 Å². The van der Waals surface area contributed by atoms with Gasteiger partial charge in [-0.2, -0.15) is 0 Å². The first-order chi connectivity index (χ1) is 14.9. The SMILES string of the molecule is CCN1CCC(N2CCC(C)(c3c[nH]n4c3nc3cc(F)cc(C(N)=O)c34)CC2)CC1. The van der Waals surface area contributed by atoms with Crippen LogP contribution in [0.15, 0.2) is 18.3 Å². The number of carbonyl (C=O) groups excluding carboxylic acids is 1. The zero-order valence-electron chi connectivity index (χ0n) is 18.3. The lowest BCUT2D eigenvalue weighted by atomic mass is 9.75. The van der Waals surface area contributed by atoms with Crippen molar-refractivity contribution in [1.82, 2.24) is 24.4 Å². The molecule has 0 spiro atoms. The third-order valence-corrected chi connectivity index (χ3v) is 7.63. The Kier molecular flexibility index (Phi) is 5.01. The van der Waals surface area contributed by atoms with E-state index in [1.807, 2.05) is 6.20 Å². The Labute approximate surface area is 181 Å². The first-order valence-electron chi connectivity index (χ1n) is 11.4. The number of nitrogens with zero attached hydrogens (tertiary/aromatic N) is 4. The van der Waals surface area contributed by atoms with Crippen LogP contribution in [-0.4, -0.2) is 69.1 Å². The summed E-state index contributed by atoms with van der Waals surface area (Å²) in [6.45, 7) is 10.2. The maximum Gasteiger partial charge on any atom is 0.251 e. The van der Waals surface area contributed by atoms with Gasteiger partial charge in [0.1, 0.15) is 11.3 Å². The highest BCUT2D eigenvalue weighted by Crippen LogP contribution is 2.39. The number of halogens is 1. The standard InChI is InChI=1S/C23H31FN6O/c1-3-28-8-4-16(5-9-28)29-10-6-23(2,7-11-29)18-14-26-30-20-17(21(25)31)12-15(24)13-19(20)27-22(18)30/h12-14,16,26H,3-11H2,1-2H3,(H2,25,31). The maximum absolute atomic E-state index is 14.0. The monoisotopic (exact) mass is 426 g/mol. The molecule has 1 aromatic carbocycles. The number of likely N-dealkylation sites (tertiary alicyclic amines) is 2. The number of piperidine rings is 2. The van der Waals surface area contributed by atoms with Crippen LogP contribution in [0, 0.1) is 5.82 Å². The van der Waals surface area contributed by atoms with Gasteiger partial charge in [0.2, 0.25) is 0 Å². The van der Waals surface area contributed by atoms with Gasteiger partial charge in [-0.3, -0.25) is 9.89 Å². The Hall–Kier alpha value is -2.45. The van der Waals surface area contributed by atoms with E-state index in [1.165, 1.54) is 38.1 Å². The zero-order chi connectivity index (χ0) is 21.8. The number of aromatic nitrogens is 3. The average molecular weight is 427 g/mol. The molecule has 166 valence electrons. The predicted octanol–water partition coefficient (Wildman–Crippen LogP) is 2.89. The van der Waals surface area contributed by atoms with Gasteiger partial charge < -0.3 is 15.5 Å². The zero-order valence-corrected chi connectivity index (χ0v) is 18.3. The van der Waals surface area contributed by atoms with E-state index in [2.05, 4.69) is 28.7 Å². The smallest absolute Gasteiger partial charge is 0.251 e. The minimum atomic E-state index is -0.656. The molecule has 2 saturated heterocycles. The highest BCUT2D eigenvalue weighted by molar-refractivity contribution is 6.05. The van der Waals surface area contributed by atoms with Crippen molar-refractivity contribution in [2.24, 2.45) is 5.73 Å². The maximum atomic E-state index is 14.0. The van der Waals surface area contributed by atoms with E-state index in [4.69, 9.17) is 10.7 Å². The molecule has 0 unspecified atom stereocenters. The quantitative estimate of drug-likeness (QED) is 0.672. The molecule has 0 saturated carbocycles. The second-order valence-electron chi connectivity index (χ2n) is 9.41. The van der Waals surface area contributed by atoms with E-state index in [1.54, 1.807) is 4.52 Å². The van der Waals surface area contributed by atoms with Crippen molar-refractivity contribution in [3.05, 3.63) is 35.3 Å². The van der Waals surface area contributed by atoms with Crippen LogP contribution in [0.5, 0.6) is 0 Å². The average Bonchev–Trinajstić information content (AvgIpc) is 3.33. The van der Waals surface area contributed by atoms with E-state index in [9.17, 15) is 9.18 Å². The molecule has 31 heavy (non-hydrogen) atoms. The number of nitrogens with one attached hydrogen (secondary N) is 1. The number of fused-ring (bicyclic) bond motifs is 3. The summed E-state index contributed by atoms with van der Waals surface area (Å²) in [7, 11) is 0. The fourth-order valence-electron chi connectivity index (χ4n) is 5.56. The van der Waals surface area contributed by atoms with Crippen molar-refractivity contribution in [3.8, 4) is 0 Å². The molecular formula is C23H31FN6O. The molecule has 0 atom stereocenters. The number of rotatable bonds is 4. The highest BCUT2D eigenvalue weighted by Gasteiger charge is 2.37. The number of nitrogens with two attached hydrogens (primary N) is 1. The number of hydrogen-bond donors (Lipinski definition) is 2. The summed E-state index contributed by atoms with van der Waals surface area (Å²) >= 11 is 0. The molecule has 1 amide bonds. The molecule has 5 rings (SSSR count). The summed E-state index contributed by atoms with van der Waals surface area (Å²) in [4.78, 5) is 21.8. The van der Waals surface area contributed by atoms with Gasteiger partial charge in [-0.05, 0) is 64.5 Å². The summed E-state index contributed by atoms with van der Waals surface area (Å²) in [5.74, 6) is -1.16. The van der Waals surface area contributed by atoms with Crippen LogP contribution in [0.3, 0.4) is 0 Å². The Morgan fingerprint density at radius 3 is 2.61 bits per heavy atom. The molecule has 3 aromatic rings. The topological polar surface area (TPSA) is 82.7 Å². The van der Waals surface area contributed by atoms with E-state index in [0.717, 1.165) is 43.7 Å². The van der Waals surface area contributed by atoms with E-state index >= 15 is 0 Å². The summed E-state index contributed by atoms with van der Waals surface area (Å²) in [5, 5.41) is 3.24. The Morgan fingerprint density at radius 2 is 1.97 bits per heavy atom. The van der Waals surface area contributed by atoms with Gasteiger partial charge in [-0.1, -0.05) is 13.8 Å². The third-order valence-electron chi connectivity index (χ3n) is 7.63. The number of amides is 1. The van der Waals surface area contributed by atoms with Crippen molar-refractivity contribution >= 4 is 22.6 Å². The lowest BCUT2D eigenvalue weighted by molar-refractivity contribution is 0.0737. The van der Waals surface area contributed by atoms with Gasteiger partial charge in [0, 0.05) is 29.3 Å². The van der Waals surface area contributed by atoms with Crippen LogP contribution in [0.25, 0.3) is 16.7 Å². The number of carbonyl (C=O) groups is 1. The molecule has 7 nitrogen and oxygen atoms in total. The van der Waals surface area contributed by atoms with Crippen molar-refractivity contribution in [2.45, 2.75) is 51.0 Å². The lowest BCUT2D eigenvalue weighted by Gasteiger charge is -2.44. The summed E-state index contributed by atoms with van der Waals surface area (Å²) in [6, 6.07) is 3.23. The van der Waals surface area contributed by atoms with Crippen molar-refractivity contribution < 1.29 is 9.18 Å². The fraction of sp³-hybridized carbons (Fsp3) is 0.565. The molecule has 0 radical (unpaired) electrons. The number of hydrogen-bond acceptors (Lipinski definition) is 4. The lowest BCUT2D eigenvalue weighted by Crippen LogP contribution is -2.50. The van der Waals surface area contributed by atoms with Crippen LogP contribution in [0.4, 0.5) is 4.39 Å².